The Morgan fingerprint density at radius 1 is 1.17 bits per heavy atom. The first-order valence-electron chi connectivity index (χ1n) is 5.81. The lowest BCUT2D eigenvalue weighted by molar-refractivity contribution is 0.929. The number of pyridine rings is 1. The van der Waals surface area contributed by atoms with Crippen LogP contribution in [0.1, 0.15) is 12.0 Å². The van der Waals surface area contributed by atoms with E-state index in [0.717, 1.165) is 24.3 Å². The molecule has 1 N–H and O–H groups in total. The number of nitrogens with zero attached hydrogens (tertiary/aromatic N) is 1. The molecule has 18 heavy (non-hydrogen) atoms. The van der Waals surface area contributed by atoms with Gasteiger partial charge in [0.2, 0.25) is 0 Å². The lowest BCUT2D eigenvalue weighted by Crippen LogP contribution is -1.94. The molecule has 1 aromatic carbocycles. The van der Waals surface area contributed by atoms with E-state index in [2.05, 4.69) is 22.4 Å². The second-order valence-electron chi connectivity index (χ2n) is 3.98. The van der Waals surface area contributed by atoms with E-state index in [9.17, 15) is 0 Å². The van der Waals surface area contributed by atoms with Gasteiger partial charge in [-0.15, -0.1) is 11.6 Å². The van der Waals surface area contributed by atoms with Gasteiger partial charge in [0.25, 0.3) is 0 Å². The number of aromatic nitrogens is 1. The monoisotopic (exact) mass is 280 g/mol. The van der Waals surface area contributed by atoms with Gasteiger partial charge in [-0.05, 0) is 42.7 Å². The Morgan fingerprint density at radius 3 is 2.78 bits per heavy atom. The Kier molecular flexibility index (Phi) is 4.85. The van der Waals surface area contributed by atoms with E-state index < -0.39 is 0 Å². The first kappa shape index (κ1) is 13.2. The minimum absolute atomic E-state index is 0.636. The van der Waals surface area contributed by atoms with Crippen LogP contribution in [-0.4, -0.2) is 10.9 Å². The molecule has 0 saturated carbocycles. The number of hydrogen-bond donors (Lipinski definition) is 1. The molecule has 0 aliphatic carbocycles. The highest BCUT2D eigenvalue weighted by molar-refractivity contribution is 6.30. The second kappa shape index (κ2) is 6.62. The van der Waals surface area contributed by atoms with Gasteiger partial charge in [-0.25, -0.2) is 4.98 Å². The van der Waals surface area contributed by atoms with E-state index in [4.69, 9.17) is 23.2 Å². The summed E-state index contributed by atoms with van der Waals surface area (Å²) in [4.78, 5) is 4.20. The van der Waals surface area contributed by atoms with Crippen molar-refractivity contribution in [2.24, 2.45) is 0 Å². The third-order valence-corrected chi connectivity index (χ3v) is 3.02. The number of nitrogens with one attached hydrogen (secondary N) is 1. The maximum atomic E-state index is 5.79. The van der Waals surface area contributed by atoms with Gasteiger partial charge in [0.1, 0.15) is 5.82 Å². The summed E-state index contributed by atoms with van der Waals surface area (Å²) in [7, 11) is 0. The smallest absolute Gasteiger partial charge is 0.130 e. The minimum atomic E-state index is 0.636. The van der Waals surface area contributed by atoms with Crippen LogP contribution in [0.3, 0.4) is 0 Å². The topological polar surface area (TPSA) is 24.9 Å². The van der Waals surface area contributed by atoms with Crippen molar-refractivity contribution in [3.05, 3.63) is 53.2 Å². The minimum Gasteiger partial charge on any atom is -0.340 e. The van der Waals surface area contributed by atoms with Crippen molar-refractivity contribution in [2.75, 3.05) is 11.2 Å². The normalized spacial score (nSPS) is 10.3. The predicted molar refractivity (Wildman–Crippen MR) is 78.0 cm³/mol. The Hall–Kier alpha value is -1.25. The van der Waals surface area contributed by atoms with Crippen LogP contribution < -0.4 is 5.32 Å². The molecule has 4 heteroatoms. The van der Waals surface area contributed by atoms with Gasteiger partial charge < -0.3 is 5.32 Å². The Morgan fingerprint density at radius 2 is 2.06 bits per heavy atom. The van der Waals surface area contributed by atoms with Crippen LogP contribution in [0.5, 0.6) is 0 Å². The molecular formula is C14H14Cl2N2. The Bertz CT molecular complexity index is 497. The van der Waals surface area contributed by atoms with Crippen LogP contribution in [0.15, 0.2) is 42.6 Å². The van der Waals surface area contributed by atoms with Gasteiger partial charge in [0, 0.05) is 17.8 Å². The number of benzene rings is 1. The van der Waals surface area contributed by atoms with Crippen LogP contribution in [0.4, 0.5) is 11.5 Å². The standard InChI is InChI=1S/C14H14Cl2N2/c15-8-2-4-11-3-1-5-13(9-11)18-14-7-6-12(16)10-17-14/h1,3,5-7,9-10H,2,4,8H2,(H,17,18). The van der Waals surface area contributed by atoms with Crippen molar-refractivity contribution in [3.63, 3.8) is 0 Å². The lowest BCUT2D eigenvalue weighted by atomic mass is 10.1. The molecule has 0 unspecified atom stereocenters. The molecular weight excluding hydrogens is 267 g/mol. The lowest BCUT2D eigenvalue weighted by Gasteiger charge is -2.07. The number of hydrogen-bond acceptors (Lipinski definition) is 2. The molecule has 1 aromatic heterocycles. The molecule has 1 heterocycles. The molecule has 0 spiro atoms. The summed E-state index contributed by atoms with van der Waals surface area (Å²) >= 11 is 11.5. The maximum Gasteiger partial charge on any atom is 0.130 e. The first-order valence-corrected chi connectivity index (χ1v) is 6.72. The fourth-order valence-corrected chi connectivity index (χ4v) is 1.92. The number of aryl methyl sites for hydroxylation is 1. The highest BCUT2D eigenvalue weighted by Gasteiger charge is 1.98. The molecule has 0 aliphatic heterocycles. The molecule has 2 aromatic rings. The maximum absolute atomic E-state index is 5.79. The first-order chi connectivity index (χ1) is 8.78. The molecule has 0 bridgehead atoms. The SMILES string of the molecule is ClCCCc1cccc(Nc2ccc(Cl)cn2)c1. The summed E-state index contributed by atoms with van der Waals surface area (Å²) < 4.78 is 0. The Balaban J connectivity index is 2.06. The predicted octanol–water partition coefficient (Wildman–Crippen LogP) is 4.65. The number of anilines is 2. The number of halogens is 2. The molecule has 94 valence electrons. The van der Waals surface area contributed by atoms with Gasteiger partial charge >= 0.3 is 0 Å². The van der Waals surface area contributed by atoms with Crippen molar-refractivity contribution < 1.29 is 0 Å². The van der Waals surface area contributed by atoms with E-state index in [0.29, 0.717) is 10.9 Å². The summed E-state index contributed by atoms with van der Waals surface area (Å²) in [6.07, 6.45) is 3.61. The van der Waals surface area contributed by atoms with E-state index in [1.807, 2.05) is 24.3 Å². The summed E-state index contributed by atoms with van der Waals surface area (Å²) in [5, 5.41) is 3.88. The third-order valence-electron chi connectivity index (χ3n) is 2.53. The van der Waals surface area contributed by atoms with Gasteiger partial charge in [0.15, 0.2) is 0 Å². The van der Waals surface area contributed by atoms with Gasteiger partial charge in [-0.3, -0.25) is 0 Å². The average Bonchev–Trinajstić information content (AvgIpc) is 2.40. The molecule has 0 aliphatic rings. The zero-order chi connectivity index (χ0) is 12.8. The second-order valence-corrected chi connectivity index (χ2v) is 4.79. The van der Waals surface area contributed by atoms with E-state index in [1.54, 1.807) is 6.20 Å². The van der Waals surface area contributed by atoms with Crippen molar-refractivity contribution >= 4 is 34.7 Å². The fraction of sp³-hybridized carbons (Fsp3) is 0.214. The molecule has 0 atom stereocenters. The summed E-state index contributed by atoms with van der Waals surface area (Å²) in [6.45, 7) is 0. The molecule has 2 nitrogen and oxygen atoms in total. The van der Waals surface area contributed by atoms with Crippen LogP contribution in [0, 0.1) is 0 Å². The van der Waals surface area contributed by atoms with Crippen molar-refractivity contribution in [1.29, 1.82) is 0 Å². The van der Waals surface area contributed by atoms with Crippen molar-refractivity contribution in [1.82, 2.24) is 4.98 Å². The van der Waals surface area contributed by atoms with Gasteiger partial charge in [-0.1, -0.05) is 23.7 Å². The molecule has 0 amide bonds. The molecule has 0 saturated heterocycles. The Labute approximate surface area is 117 Å². The van der Waals surface area contributed by atoms with Crippen LogP contribution in [0.25, 0.3) is 0 Å². The number of alkyl halides is 1. The summed E-state index contributed by atoms with van der Waals surface area (Å²) in [5.74, 6) is 1.48. The fourth-order valence-electron chi connectivity index (χ4n) is 1.67. The van der Waals surface area contributed by atoms with Crippen molar-refractivity contribution in [3.8, 4) is 0 Å². The summed E-state index contributed by atoms with van der Waals surface area (Å²) in [5.41, 5.74) is 2.30. The van der Waals surface area contributed by atoms with E-state index in [-0.39, 0.29) is 0 Å². The molecule has 0 fully saturated rings. The van der Waals surface area contributed by atoms with Gasteiger partial charge in [0.05, 0.1) is 5.02 Å². The summed E-state index contributed by atoms with van der Waals surface area (Å²) in [6, 6.07) is 11.9. The highest BCUT2D eigenvalue weighted by atomic mass is 35.5. The zero-order valence-corrected chi connectivity index (χ0v) is 11.4. The van der Waals surface area contributed by atoms with Crippen molar-refractivity contribution in [2.45, 2.75) is 12.8 Å². The third kappa shape index (κ3) is 3.90. The average molecular weight is 281 g/mol. The van der Waals surface area contributed by atoms with E-state index in [1.165, 1.54) is 5.56 Å². The van der Waals surface area contributed by atoms with E-state index >= 15 is 0 Å². The molecule has 2 rings (SSSR count). The number of rotatable bonds is 5. The van der Waals surface area contributed by atoms with Crippen LogP contribution >= 0.6 is 23.2 Å². The molecule has 0 radical (unpaired) electrons. The van der Waals surface area contributed by atoms with Crippen LogP contribution in [-0.2, 0) is 6.42 Å². The van der Waals surface area contributed by atoms with Gasteiger partial charge in [-0.2, -0.15) is 0 Å². The highest BCUT2D eigenvalue weighted by Crippen LogP contribution is 2.18. The quantitative estimate of drug-likeness (QED) is 0.807. The zero-order valence-electron chi connectivity index (χ0n) is 9.87. The van der Waals surface area contributed by atoms with Crippen LogP contribution in [0.2, 0.25) is 5.02 Å². The largest absolute Gasteiger partial charge is 0.340 e.